The number of hydrogen-bond acceptors (Lipinski definition) is 2. The van der Waals surface area contributed by atoms with Gasteiger partial charge in [-0.2, -0.15) is 0 Å². The van der Waals surface area contributed by atoms with E-state index in [1.165, 1.54) is 18.2 Å². The van der Waals surface area contributed by atoms with E-state index >= 15 is 0 Å². The lowest BCUT2D eigenvalue weighted by atomic mass is 9.78. The van der Waals surface area contributed by atoms with Crippen molar-refractivity contribution in [2.24, 2.45) is 0 Å². The second kappa shape index (κ2) is 4.70. The first kappa shape index (κ1) is 12.5. The predicted octanol–water partition coefficient (Wildman–Crippen LogP) is 2.74. The Morgan fingerprint density at radius 3 is 2.59 bits per heavy atom. The van der Waals surface area contributed by atoms with Crippen molar-refractivity contribution in [1.82, 2.24) is 0 Å². The van der Waals surface area contributed by atoms with E-state index in [2.05, 4.69) is 0 Å². The fourth-order valence-corrected chi connectivity index (χ4v) is 2.57. The van der Waals surface area contributed by atoms with E-state index < -0.39 is 17.2 Å². The maximum absolute atomic E-state index is 13.7. The SMILES string of the molecule is COC1CCCC(O)(c2c(F)cccc2F)C1. The molecule has 1 aliphatic rings. The Kier molecular flexibility index (Phi) is 3.45. The summed E-state index contributed by atoms with van der Waals surface area (Å²) in [7, 11) is 1.55. The highest BCUT2D eigenvalue weighted by Crippen LogP contribution is 2.40. The van der Waals surface area contributed by atoms with Crippen molar-refractivity contribution in [1.29, 1.82) is 0 Å². The molecule has 0 amide bonds. The number of benzene rings is 1. The molecule has 0 saturated heterocycles. The summed E-state index contributed by atoms with van der Waals surface area (Å²) < 4.78 is 32.5. The molecular formula is C13H16F2O2. The number of ether oxygens (including phenoxy) is 1. The molecule has 1 N–H and O–H groups in total. The van der Waals surface area contributed by atoms with Crippen LogP contribution in [0.4, 0.5) is 8.78 Å². The van der Waals surface area contributed by atoms with Gasteiger partial charge in [0.1, 0.15) is 11.6 Å². The van der Waals surface area contributed by atoms with Gasteiger partial charge >= 0.3 is 0 Å². The monoisotopic (exact) mass is 242 g/mol. The summed E-state index contributed by atoms with van der Waals surface area (Å²) in [4.78, 5) is 0. The molecule has 1 saturated carbocycles. The fraction of sp³-hybridized carbons (Fsp3) is 0.538. The third kappa shape index (κ3) is 2.33. The average Bonchev–Trinajstić information content (AvgIpc) is 2.28. The number of halogens is 2. The fourth-order valence-electron chi connectivity index (χ4n) is 2.57. The summed E-state index contributed by atoms with van der Waals surface area (Å²) in [6, 6.07) is 3.65. The predicted molar refractivity (Wildman–Crippen MR) is 59.5 cm³/mol. The first-order chi connectivity index (χ1) is 8.07. The van der Waals surface area contributed by atoms with Gasteiger partial charge in [0.05, 0.1) is 17.3 Å². The van der Waals surface area contributed by atoms with Crippen LogP contribution >= 0.6 is 0 Å². The van der Waals surface area contributed by atoms with Crippen LogP contribution in [0, 0.1) is 11.6 Å². The van der Waals surface area contributed by atoms with Crippen LogP contribution in [0.1, 0.15) is 31.2 Å². The Morgan fingerprint density at radius 1 is 1.35 bits per heavy atom. The van der Waals surface area contributed by atoms with Gasteiger partial charge in [-0.3, -0.25) is 0 Å². The van der Waals surface area contributed by atoms with E-state index in [0.29, 0.717) is 12.8 Å². The average molecular weight is 242 g/mol. The molecule has 1 fully saturated rings. The van der Waals surface area contributed by atoms with Gasteiger partial charge < -0.3 is 9.84 Å². The normalized spacial score (nSPS) is 29.3. The van der Waals surface area contributed by atoms with Crippen molar-refractivity contribution in [3.8, 4) is 0 Å². The van der Waals surface area contributed by atoms with Gasteiger partial charge in [-0.05, 0) is 31.4 Å². The van der Waals surface area contributed by atoms with Crippen LogP contribution in [-0.4, -0.2) is 18.3 Å². The molecule has 1 aromatic rings. The lowest BCUT2D eigenvalue weighted by Crippen LogP contribution is -2.37. The molecule has 1 aliphatic carbocycles. The highest BCUT2D eigenvalue weighted by molar-refractivity contribution is 5.27. The molecule has 4 heteroatoms. The van der Waals surface area contributed by atoms with Crippen molar-refractivity contribution in [2.75, 3.05) is 7.11 Å². The Labute approximate surface area is 99.2 Å². The first-order valence-corrected chi connectivity index (χ1v) is 5.76. The molecule has 0 spiro atoms. The zero-order chi connectivity index (χ0) is 12.5. The minimum Gasteiger partial charge on any atom is -0.385 e. The van der Waals surface area contributed by atoms with Crippen molar-refractivity contribution in [2.45, 2.75) is 37.4 Å². The molecule has 2 atom stereocenters. The largest absolute Gasteiger partial charge is 0.385 e. The Morgan fingerprint density at radius 2 is 2.00 bits per heavy atom. The van der Waals surface area contributed by atoms with Crippen molar-refractivity contribution >= 4 is 0 Å². The molecule has 2 nitrogen and oxygen atoms in total. The second-order valence-corrected chi connectivity index (χ2v) is 4.58. The van der Waals surface area contributed by atoms with E-state index in [0.717, 1.165) is 6.42 Å². The van der Waals surface area contributed by atoms with Crippen molar-refractivity contribution < 1.29 is 18.6 Å². The van der Waals surface area contributed by atoms with Crippen LogP contribution in [0.5, 0.6) is 0 Å². The first-order valence-electron chi connectivity index (χ1n) is 5.76. The van der Waals surface area contributed by atoms with Crippen LogP contribution in [-0.2, 0) is 10.3 Å². The Bertz CT molecular complexity index is 388. The Hall–Kier alpha value is -1.00. The van der Waals surface area contributed by atoms with Crippen LogP contribution in [0.2, 0.25) is 0 Å². The molecule has 94 valence electrons. The smallest absolute Gasteiger partial charge is 0.132 e. The van der Waals surface area contributed by atoms with E-state index in [1.54, 1.807) is 7.11 Å². The molecule has 0 heterocycles. The highest BCUT2D eigenvalue weighted by atomic mass is 19.1. The molecule has 1 aromatic carbocycles. The van der Waals surface area contributed by atoms with Gasteiger partial charge in [0.2, 0.25) is 0 Å². The van der Waals surface area contributed by atoms with E-state index in [4.69, 9.17) is 4.74 Å². The van der Waals surface area contributed by atoms with Gasteiger partial charge in [-0.1, -0.05) is 6.07 Å². The summed E-state index contributed by atoms with van der Waals surface area (Å²) >= 11 is 0. The summed E-state index contributed by atoms with van der Waals surface area (Å²) in [5.74, 6) is -1.38. The van der Waals surface area contributed by atoms with Gasteiger partial charge in [-0.25, -0.2) is 8.78 Å². The van der Waals surface area contributed by atoms with Crippen molar-refractivity contribution in [3.63, 3.8) is 0 Å². The van der Waals surface area contributed by atoms with Crippen molar-refractivity contribution in [3.05, 3.63) is 35.4 Å². The summed E-state index contributed by atoms with van der Waals surface area (Å²) in [5, 5.41) is 10.4. The van der Waals surface area contributed by atoms with Crippen LogP contribution in [0.25, 0.3) is 0 Å². The minimum atomic E-state index is -1.45. The summed E-state index contributed by atoms with van der Waals surface area (Å²) in [5.41, 5.74) is -1.67. The van der Waals surface area contributed by atoms with Crippen LogP contribution in [0.15, 0.2) is 18.2 Å². The Balaban J connectivity index is 2.37. The molecule has 0 aliphatic heterocycles. The van der Waals surface area contributed by atoms with Gasteiger partial charge in [-0.15, -0.1) is 0 Å². The van der Waals surface area contributed by atoms with E-state index in [1.807, 2.05) is 0 Å². The maximum Gasteiger partial charge on any atom is 0.132 e. The molecule has 0 aromatic heterocycles. The third-order valence-corrected chi connectivity index (χ3v) is 3.44. The number of rotatable bonds is 2. The van der Waals surface area contributed by atoms with Crippen LogP contribution < -0.4 is 0 Å². The van der Waals surface area contributed by atoms with E-state index in [-0.39, 0.29) is 18.1 Å². The molecule has 0 radical (unpaired) electrons. The summed E-state index contributed by atoms with van der Waals surface area (Å²) in [6.45, 7) is 0. The number of aliphatic hydroxyl groups is 1. The molecule has 2 rings (SSSR count). The summed E-state index contributed by atoms with van der Waals surface area (Å²) in [6.07, 6.45) is 1.97. The standard InChI is InChI=1S/C13H16F2O2/c1-17-9-4-3-7-13(16,8-9)12-10(14)5-2-6-11(12)15/h2,5-6,9,16H,3-4,7-8H2,1H3. The maximum atomic E-state index is 13.7. The quantitative estimate of drug-likeness (QED) is 0.864. The van der Waals surface area contributed by atoms with Gasteiger partial charge in [0.15, 0.2) is 0 Å². The van der Waals surface area contributed by atoms with Crippen LogP contribution in [0.3, 0.4) is 0 Å². The second-order valence-electron chi connectivity index (χ2n) is 4.58. The third-order valence-electron chi connectivity index (χ3n) is 3.44. The lowest BCUT2D eigenvalue weighted by Gasteiger charge is -2.36. The molecular weight excluding hydrogens is 226 g/mol. The number of methoxy groups -OCH3 is 1. The topological polar surface area (TPSA) is 29.5 Å². The molecule has 2 unspecified atom stereocenters. The van der Waals surface area contributed by atoms with Gasteiger partial charge in [0, 0.05) is 13.5 Å². The highest BCUT2D eigenvalue weighted by Gasteiger charge is 2.39. The zero-order valence-corrected chi connectivity index (χ0v) is 9.75. The lowest BCUT2D eigenvalue weighted by molar-refractivity contribution is -0.0669. The molecule has 17 heavy (non-hydrogen) atoms. The molecule has 0 bridgehead atoms. The zero-order valence-electron chi connectivity index (χ0n) is 9.75. The minimum absolute atomic E-state index is 0.146. The van der Waals surface area contributed by atoms with E-state index in [9.17, 15) is 13.9 Å². The van der Waals surface area contributed by atoms with Gasteiger partial charge in [0.25, 0.3) is 0 Å². The number of hydrogen-bond donors (Lipinski definition) is 1.